The van der Waals surface area contributed by atoms with Gasteiger partial charge in [-0.3, -0.25) is 4.98 Å². The first-order chi connectivity index (χ1) is 8.15. The van der Waals surface area contributed by atoms with E-state index in [1.54, 1.807) is 12.4 Å². The molecule has 1 aromatic carbocycles. The highest BCUT2D eigenvalue weighted by Gasteiger charge is 1.99. The number of aromatic nitrogens is 1. The number of anilines is 3. The van der Waals surface area contributed by atoms with Crippen LogP contribution in [-0.4, -0.2) is 19.1 Å². The van der Waals surface area contributed by atoms with Gasteiger partial charge in [-0.2, -0.15) is 0 Å². The van der Waals surface area contributed by atoms with E-state index in [0.717, 1.165) is 21.5 Å². The molecule has 1 heterocycles. The molecular weight excluding hydrogens is 278 g/mol. The SMILES string of the molecule is CN(C)c1cccc(Nc2cncc(Br)c2)c1. The van der Waals surface area contributed by atoms with Crippen molar-refractivity contribution in [3.8, 4) is 0 Å². The highest BCUT2D eigenvalue weighted by molar-refractivity contribution is 9.10. The average Bonchev–Trinajstić information content (AvgIpc) is 2.29. The Balaban J connectivity index is 2.21. The van der Waals surface area contributed by atoms with Gasteiger partial charge in [0.05, 0.1) is 11.9 Å². The summed E-state index contributed by atoms with van der Waals surface area (Å²) < 4.78 is 0.964. The van der Waals surface area contributed by atoms with E-state index in [9.17, 15) is 0 Å². The molecule has 2 rings (SSSR count). The Kier molecular flexibility index (Phi) is 3.64. The number of benzene rings is 1. The Morgan fingerprint density at radius 2 is 1.94 bits per heavy atom. The quantitative estimate of drug-likeness (QED) is 0.936. The van der Waals surface area contributed by atoms with Crippen LogP contribution in [0, 0.1) is 0 Å². The molecule has 0 aliphatic carbocycles. The molecule has 0 radical (unpaired) electrons. The molecule has 0 aliphatic rings. The largest absolute Gasteiger partial charge is 0.378 e. The lowest BCUT2D eigenvalue weighted by molar-refractivity contribution is 1.13. The van der Waals surface area contributed by atoms with Crippen LogP contribution in [0.15, 0.2) is 47.2 Å². The van der Waals surface area contributed by atoms with Crippen molar-refractivity contribution < 1.29 is 0 Å². The maximum atomic E-state index is 4.12. The van der Waals surface area contributed by atoms with Crippen LogP contribution in [0.25, 0.3) is 0 Å². The molecule has 1 aromatic heterocycles. The topological polar surface area (TPSA) is 28.2 Å². The van der Waals surface area contributed by atoms with Crippen LogP contribution in [-0.2, 0) is 0 Å². The number of rotatable bonds is 3. The standard InChI is InChI=1S/C13H14BrN3/c1-17(2)13-5-3-4-11(7-13)16-12-6-10(14)8-15-9-12/h3-9,16H,1-2H3. The van der Waals surface area contributed by atoms with Crippen LogP contribution >= 0.6 is 15.9 Å². The van der Waals surface area contributed by atoms with E-state index >= 15 is 0 Å². The zero-order chi connectivity index (χ0) is 12.3. The van der Waals surface area contributed by atoms with Crippen molar-refractivity contribution in [1.29, 1.82) is 0 Å². The fraction of sp³-hybridized carbons (Fsp3) is 0.154. The minimum Gasteiger partial charge on any atom is -0.378 e. The first-order valence-electron chi connectivity index (χ1n) is 5.30. The van der Waals surface area contributed by atoms with E-state index in [1.165, 1.54) is 0 Å². The summed E-state index contributed by atoms with van der Waals surface area (Å²) in [4.78, 5) is 6.19. The second-order valence-electron chi connectivity index (χ2n) is 3.96. The first kappa shape index (κ1) is 11.9. The molecule has 3 nitrogen and oxygen atoms in total. The van der Waals surface area contributed by atoms with Gasteiger partial charge in [0.15, 0.2) is 0 Å². The van der Waals surface area contributed by atoms with Crippen molar-refractivity contribution >= 4 is 33.0 Å². The normalized spacial score (nSPS) is 10.1. The predicted molar refractivity (Wildman–Crippen MR) is 76.0 cm³/mol. The van der Waals surface area contributed by atoms with Gasteiger partial charge >= 0.3 is 0 Å². The Labute approximate surface area is 110 Å². The summed E-state index contributed by atoms with van der Waals surface area (Å²) in [7, 11) is 4.06. The van der Waals surface area contributed by atoms with E-state index in [0.29, 0.717) is 0 Å². The van der Waals surface area contributed by atoms with Gasteiger partial charge < -0.3 is 10.2 Å². The lowest BCUT2D eigenvalue weighted by atomic mass is 10.2. The van der Waals surface area contributed by atoms with E-state index in [2.05, 4.69) is 43.3 Å². The molecular formula is C13H14BrN3. The Hall–Kier alpha value is -1.55. The molecule has 0 bridgehead atoms. The lowest BCUT2D eigenvalue weighted by Crippen LogP contribution is -2.08. The summed E-state index contributed by atoms with van der Waals surface area (Å²) in [5.41, 5.74) is 3.18. The van der Waals surface area contributed by atoms with Crippen LogP contribution in [0.3, 0.4) is 0 Å². The summed E-state index contributed by atoms with van der Waals surface area (Å²) in [6, 6.07) is 10.2. The highest BCUT2D eigenvalue weighted by Crippen LogP contribution is 2.22. The molecule has 1 N–H and O–H groups in total. The third-order valence-electron chi connectivity index (χ3n) is 2.36. The second-order valence-corrected chi connectivity index (χ2v) is 4.88. The zero-order valence-electron chi connectivity index (χ0n) is 9.81. The molecule has 0 aliphatic heterocycles. The van der Waals surface area contributed by atoms with E-state index in [-0.39, 0.29) is 0 Å². The molecule has 0 unspecified atom stereocenters. The number of nitrogens with one attached hydrogen (secondary N) is 1. The molecule has 4 heteroatoms. The summed E-state index contributed by atoms with van der Waals surface area (Å²) in [6.07, 6.45) is 3.56. The molecule has 0 atom stereocenters. The molecule has 17 heavy (non-hydrogen) atoms. The molecule has 0 amide bonds. The van der Waals surface area contributed by atoms with Crippen molar-refractivity contribution in [1.82, 2.24) is 4.98 Å². The minimum absolute atomic E-state index is 0.964. The van der Waals surface area contributed by atoms with Gasteiger partial charge in [0.2, 0.25) is 0 Å². The number of hydrogen-bond donors (Lipinski definition) is 1. The fourth-order valence-corrected chi connectivity index (χ4v) is 1.87. The van der Waals surface area contributed by atoms with Gasteiger partial charge in [-0.1, -0.05) is 6.07 Å². The van der Waals surface area contributed by atoms with Crippen LogP contribution in [0.5, 0.6) is 0 Å². The van der Waals surface area contributed by atoms with Crippen molar-refractivity contribution in [3.05, 3.63) is 47.2 Å². The van der Waals surface area contributed by atoms with Gasteiger partial charge in [-0.15, -0.1) is 0 Å². The van der Waals surface area contributed by atoms with Crippen LogP contribution in [0.1, 0.15) is 0 Å². The monoisotopic (exact) mass is 291 g/mol. The molecule has 0 spiro atoms. The molecule has 88 valence electrons. The third-order valence-corrected chi connectivity index (χ3v) is 2.79. The Morgan fingerprint density at radius 1 is 1.12 bits per heavy atom. The van der Waals surface area contributed by atoms with Gasteiger partial charge in [0.1, 0.15) is 0 Å². The van der Waals surface area contributed by atoms with Crippen molar-refractivity contribution in [2.24, 2.45) is 0 Å². The average molecular weight is 292 g/mol. The van der Waals surface area contributed by atoms with Crippen LogP contribution < -0.4 is 10.2 Å². The lowest BCUT2D eigenvalue weighted by Gasteiger charge is -2.14. The van der Waals surface area contributed by atoms with Gasteiger partial charge in [-0.25, -0.2) is 0 Å². The molecule has 0 saturated heterocycles. The van der Waals surface area contributed by atoms with Crippen molar-refractivity contribution in [3.63, 3.8) is 0 Å². The third kappa shape index (κ3) is 3.20. The number of hydrogen-bond acceptors (Lipinski definition) is 3. The van der Waals surface area contributed by atoms with E-state index in [1.807, 2.05) is 32.3 Å². The first-order valence-corrected chi connectivity index (χ1v) is 6.09. The van der Waals surface area contributed by atoms with Gasteiger partial charge in [0.25, 0.3) is 0 Å². The second kappa shape index (κ2) is 5.19. The number of halogens is 1. The maximum absolute atomic E-state index is 4.12. The van der Waals surface area contributed by atoms with E-state index in [4.69, 9.17) is 0 Å². The van der Waals surface area contributed by atoms with E-state index < -0.39 is 0 Å². The summed E-state index contributed by atoms with van der Waals surface area (Å²) in [5, 5.41) is 3.32. The smallest absolute Gasteiger partial charge is 0.0582 e. The fourth-order valence-electron chi connectivity index (χ4n) is 1.51. The molecule has 2 aromatic rings. The number of pyridine rings is 1. The Bertz CT molecular complexity index is 512. The molecule has 0 saturated carbocycles. The van der Waals surface area contributed by atoms with Crippen LogP contribution in [0.4, 0.5) is 17.1 Å². The molecule has 0 fully saturated rings. The summed E-state index contributed by atoms with van der Waals surface area (Å²) >= 11 is 3.40. The predicted octanol–water partition coefficient (Wildman–Crippen LogP) is 3.65. The highest BCUT2D eigenvalue weighted by atomic mass is 79.9. The zero-order valence-corrected chi connectivity index (χ0v) is 11.4. The van der Waals surface area contributed by atoms with Crippen LogP contribution in [0.2, 0.25) is 0 Å². The van der Waals surface area contributed by atoms with Crippen molar-refractivity contribution in [2.45, 2.75) is 0 Å². The van der Waals surface area contributed by atoms with Crippen molar-refractivity contribution in [2.75, 3.05) is 24.3 Å². The minimum atomic E-state index is 0.964. The summed E-state index contributed by atoms with van der Waals surface area (Å²) in [5.74, 6) is 0. The Morgan fingerprint density at radius 3 is 2.65 bits per heavy atom. The number of nitrogens with zero attached hydrogens (tertiary/aromatic N) is 2. The maximum Gasteiger partial charge on any atom is 0.0582 e. The summed E-state index contributed by atoms with van der Waals surface area (Å²) in [6.45, 7) is 0. The van der Waals surface area contributed by atoms with Gasteiger partial charge in [-0.05, 0) is 40.2 Å². The van der Waals surface area contributed by atoms with Gasteiger partial charge in [0, 0.05) is 36.1 Å².